The van der Waals surface area contributed by atoms with Crippen LogP contribution in [0.5, 0.6) is 0 Å². The summed E-state index contributed by atoms with van der Waals surface area (Å²) in [6.07, 6.45) is 7.08. The SMILES string of the molecule is C=CCN1CCC2(CCC1=O)CN(C(=O)Cn1nccn1)CCN2C. The normalized spacial score (nSPS) is 25.2. The van der Waals surface area contributed by atoms with Crippen LogP contribution in [0.3, 0.4) is 0 Å². The molecule has 1 unspecified atom stereocenters. The number of amides is 2. The van der Waals surface area contributed by atoms with E-state index in [4.69, 9.17) is 0 Å². The zero-order valence-electron chi connectivity index (χ0n) is 14.8. The molecule has 8 heteroatoms. The van der Waals surface area contributed by atoms with Gasteiger partial charge in [-0.3, -0.25) is 14.5 Å². The Morgan fingerprint density at radius 3 is 2.76 bits per heavy atom. The molecular formula is C17H26N6O2. The molecule has 0 aliphatic carbocycles. The van der Waals surface area contributed by atoms with Crippen LogP contribution in [0.15, 0.2) is 25.0 Å². The van der Waals surface area contributed by atoms with E-state index in [9.17, 15) is 9.59 Å². The lowest BCUT2D eigenvalue weighted by Crippen LogP contribution is -2.62. The molecule has 2 aliphatic rings. The maximum Gasteiger partial charge on any atom is 0.246 e. The summed E-state index contributed by atoms with van der Waals surface area (Å²) in [5.74, 6) is 0.205. The molecule has 0 saturated carbocycles. The van der Waals surface area contributed by atoms with Gasteiger partial charge in [0, 0.05) is 44.7 Å². The molecule has 2 aliphatic heterocycles. The molecule has 1 atom stereocenters. The highest BCUT2D eigenvalue weighted by molar-refractivity contribution is 5.77. The van der Waals surface area contributed by atoms with Crippen LogP contribution in [-0.4, -0.2) is 86.8 Å². The van der Waals surface area contributed by atoms with Crippen LogP contribution in [0.4, 0.5) is 0 Å². The Morgan fingerprint density at radius 1 is 1.28 bits per heavy atom. The quantitative estimate of drug-likeness (QED) is 0.717. The van der Waals surface area contributed by atoms with Gasteiger partial charge in [0.05, 0.1) is 12.4 Å². The summed E-state index contributed by atoms with van der Waals surface area (Å²) in [5, 5.41) is 8.02. The van der Waals surface area contributed by atoms with Crippen LogP contribution in [-0.2, 0) is 16.1 Å². The van der Waals surface area contributed by atoms with E-state index in [1.807, 2.05) is 9.80 Å². The second kappa shape index (κ2) is 7.35. The summed E-state index contributed by atoms with van der Waals surface area (Å²) in [6.45, 7) is 7.36. The molecule has 136 valence electrons. The molecule has 2 amide bonds. The van der Waals surface area contributed by atoms with Crippen molar-refractivity contribution < 1.29 is 9.59 Å². The van der Waals surface area contributed by atoms with Gasteiger partial charge in [0.25, 0.3) is 0 Å². The molecule has 2 fully saturated rings. The van der Waals surface area contributed by atoms with Crippen LogP contribution < -0.4 is 0 Å². The monoisotopic (exact) mass is 346 g/mol. The summed E-state index contributed by atoms with van der Waals surface area (Å²) in [5.41, 5.74) is -0.142. The standard InChI is InChI=1S/C17H26N6O2/c1-3-9-21-10-6-17(5-4-15(21)24)14-22(12-11-20(17)2)16(25)13-23-18-7-8-19-23/h3,7-8H,1,4-6,9-14H2,2H3. The molecule has 25 heavy (non-hydrogen) atoms. The van der Waals surface area contributed by atoms with Crippen molar-refractivity contribution in [2.75, 3.05) is 39.8 Å². The molecule has 0 aromatic carbocycles. The summed E-state index contributed by atoms with van der Waals surface area (Å²) in [4.78, 5) is 32.5. The lowest BCUT2D eigenvalue weighted by atomic mass is 9.86. The minimum absolute atomic E-state index is 0.0298. The van der Waals surface area contributed by atoms with Gasteiger partial charge in [-0.15, -0.1) is 6.58 Å². The maximum absolute atomic E-state index is 12.6. The summed E-state index contributed by atoms with van der Waals surface area (Å²) >= 11 is 0. The number of rotatable bonds is 4. The molecule has 1 spiro atoms. The van der Waals surface area contributed by atoms with E-state index in [0.717, 1.165) is 19.4 Å². The van der Waals surface area contributed by atoms with E-state index in [2.05, 4.69) is 28.7 Å². The van der Waals surface area contributed by atoms with E-state index in [1.165, 1.54) is 4.80 Å². The van der Waals surface area contributed by atoms with Crippen molar-refractivity contribution in [3.63, 3.8) is 0 Å². The molecule has 0 N–H and O–H groups in total. The molecule has 3 heterocycles. The van der Waals surface area contributed by atoms with Gasteiger partial charge in [-0.25, -0.2) is 0 Å². The number of likely N-dealkylation sites (tertiary alicyclic amines) is 1. The van der Waals surface area contributed by atoms with Crippen molar-refractivity contribution in [3.05, 3.63) is 25.0 Å². The van der Waals surface area contributed by atoms with E-state index in [0.29, 0.717) is 32.6 Å². The summed E-state index contributed by atoms with van der Waals surface area (Å²) in [6, 6.07) is 0. The highest BCUT2D eigenvalue weighted by Crippen LogP contribution is 2.32. The minimum Gasteiger partial charge on any atom is -0.339 e. The first-order valence-electron chi connectivity index (χ1n) is 8.76. The fourth-order valence-corrected chi connectivity index (χ4v) is 3.80. The van der Waals surface area contributed by atoms with Crippen LogP contribution >= 0.6 is 0 Å². The minimum atomic E-state index is -0.142. The predicted molar refractivity (Wildman–Crippen MR) is 92.6 cm³/mol. The first-order valence-corrected chi connectivity index (χ1v) is 8.76. The number of carbonyl (C=O) groups is 2. The number of nitrogens with zero attached hydrogens (tertiary/aromatic N) is 6. The number of carbonyl (C=O) groups excluding carboxylic acids is 2. The zero-order chi connectivity index (χ0) is 17.9. The Kier molecular flexibility index (Phi) is 5.17. The maximum atomic E-state index is 12.6. The van der Waals surface area contributed by atoms with Crippen molar-refractivity contribution in [2.24, 2.45) is 0 Å². The van der Waals surface area contributed by atoms with E-state index in [1.54, 1.807) is 18.5 Å². The molecule has 1 aromatic heterocycles. The molecule has 3 rings (SSSR count). The molecule has 0 bridgehead atoms. The Hall–Kier alpha value is -2.22. The molecule has 0 radical (unpaired) electrons. The second-order valence-electron chi connectivity index (χ2n) is 6.90. The number of likely N-dealkylation sites (N-methyl/N-ethyl adjacent to an activating group) is 1. The van der Waals surface area contributed by atoms with E-state index in [-0.39, 0.29) is 23.9 Å². The van der Waals surface area contributed by atoms with Gasteiger partial charge < -0.3 is 9.80 Å². The fourth-order valence-electron chi connectivity index (χ4n) is 3.80. The molecular weight excluding hydrogens is 320 g/mol. The largest absolute Gasteiger partial charge is 0.339 e. The summed E-state index contributed by atoms with van der Waals surface area (Å²) < 4.78 is 0. The van der Waals surface area contributed by atoms with Gasteiger partial charge in [0.1, 0.15) is 6.54 Å². The third-order valence-corrected chi connectivity index (χ3v) is 5.45. The lowest BCUT2D eigenvalue weighted by molar-refractivity contribution is -0.138. The van der Waals surface area contributed by atoms with E-state index < -0.39 is 0 Å². The van der Waals surface area contributed by atoms with Crippen molar-refractivity contribution in [1.29, 1.82) is 0 Å². The average molecular weight is 346 g/mol. The van der Waals surface area contributed by atoms with Crippen LogP contribution in [0.1, 0.15) is 19.3 Å². The van der Waals surface area contributed by atoms with Crippen LogP contribution in [0, 0.1) is 0 Å². The first-order chi connectivity index (χ1) is 12.0. The zero-order valence-corrected chi connectivity index (χ0v) is 14.8. The van der Waals surface area contributed by atoms with Crippen molar-refractivity contribution in [2.45, 2.75) is 31.3 Å². The number of hydrogen-bond acceptors (Lipinski definition) is 5. The Morgan fingerprint density at radius 2 is 2.04 bits per heavy atom. The second-order valence-corrected chi connectivity index (χ2v) is 6.90. The van der Waals surface area contributed by atoms with Crippen LogP contribution in [0.25, 0.3) is 0 Å². The number of hydrogen-bond donors (Lipinski definition) is 0. The fraction of sp³-hybridized carbons (Fsp3) is 0.647. The third kappa shape index (κ3) is 3.73. The van der Waals surface area contributed by atoms with Gasteiger partial charge in [0.2, 0.25) is 11.8 Å². The molecule has 2 saturated heterocycles. The Bertz CT molecular complexity index is 631. The average Bonchev–Trinajstić information content (AvgIpc) is 3.06. The number of piperazine rings is 1. The highest BCUT2D eigenvalue weighted by Gasteiger charge is 2.43. The molecule has 8 nitrogen and oxygen atoms in total. The van der Waals surface area contributed by atoms with Gasteiger partial charge in [0.15, 0.2) is 0 Å². The molecule has 1 aromatic rings. The third-order valence-electron chi connectivity index (χ3n) is 5.45. The van der Waals surface area contributed by atoms with E-state index >= 15 is 0 Å². The lowest BCUT2D eigenvalue weighted by Gasteiger charge is -2.49. The van der Waals surface area contributed by atoms with Gasteiger partial charge >= 0.3 is 0 Å². The van der Waals surface area contributed by atoms with Crippen molar-refractivity contribution >= 4 is 11.8 Å². The van der Waals surface area contributed by atoms with Crippen molar-refractivity contribution in [3.8, 4) is 0 Å². The first kappa shape index (κ1) is 17.6. The van der Waals surface area contributed by atoms with Gasteiger partial charge in [-0.2, -0.15) is 15.0 Å². The van der Waals surface area contributed by atoms with Gasteiger partial charge in [-0.1, -0.05) is 6.08 Å². The Balaban J connectivity index is 1.70. The van der Waals surface area contributed by atoms with Gasteiger partial charge in [-0.05, 0) is 19.9 Å². The smallest absolute Gasteiger partial charge is 0.246 e. The highest BCUT2D eigenvalue weighted by atomic mass is 16.2. The predicted octanol–water partition coefficient (Wildman–Crippen LogP) is -0.0106. The Labute approximate surface area is 148 Å². The van der Waals surface area contributed by atoms with Crippen molar-refractivity contribution in [1.82, 2.24) is 29.7 Å². The number of aromatic nitrogens is 3. The topological polar surface area (TPSA) is 74.6 Å². The summed E-state index contributed by atoms with van der Waals surface area (Å²) in [7, 11) is 2.10. The van der Waals surface area contributed by atoms with Crippen LogP contribution in [0.2, 0.25) is 0 Å².